The highest BCUT2D eigenvalue weighted by molar-refractivity contribution is 5.42. The van der Waals surface area contributed by atoms with Gasteiger partial charge in [-0.1, -0.05) is 0 Å². The van der Waals surface area contributed by atoms with Crippen LogP contribution in [-0.4, -0.2) is 59.7 Å². The van der Waals surface area contributed by atoms with Crippen LogP contribution in [0.4, 0.5) is 96.6 Å². The monoisotopic (exact) mass is 562 g/mol. The third kappa shape index (κ3) is 1.98. The molecule has 0 amide bonds. The summed E-state index contributed by atoms with van der Waals surface area (Å²) in [5.74, 6) is -73.2. The SMILES string of the molecule is FC(F)(F)C12C(F)(F)C(F)(F)C(F)(F)C(F)(F)C1(C(F)(F)F)C(F)(F)C(F)(F)C(F)(F)C2(F)F. The minimum atomic E-state index is -9.72. The van der Waals surface area contributed by atoms with Crippen LogP contribution in [0.25, 0.3) is 0 Å². The van der Waals surface area contributed by atoms with E-state index in [-0.39, 0.29) is 0 Å². The van der Waals surface area contributed by atoms with Crippen molar-refractivity contribution in [2.45, 2.75) is 59.7 Å². The van der Waals surface area contributed by atoms with Crippen LogP contribution >= 0.6 is 0 Å². The number of hydrogen-bond acceptors (Lipinski definition) is 0. The average Bonchev–Trinajstić information content (AvgIpc) is 2.52. The molecule has 2 aliphatic rings. The van der Waals surface area contributed by atoms with Crippen molar-refractivity contribution in [3.8, 4) is 0 Å². The predicted molar refractivity (Wildman–Crippen MR) is 56.6 cm³/mol. The summed E-state index contributed by atoms with van der Waals surface area (Å²) in [6, 6.07) is 0. The highest BCUT2D eigenvalue weighted by atomic mass is 19.4. The van der Waals surface area contributed by atoms with E-state index in [9.17, 15) is 96.6 Å². The van der Waals surface area contributed by atoms with Crippen LogP contribution in [0.15, 0.2) is 0 Å². The Morgan fingerprint density at radius 2 is 0.353 bits per heavy atom. The summed E-state index contributed by atoms with van der Waals surface area (Å²) in [4.78, 5) is 0. The van der Waals surface area contributed by atoms with Gasteiger partial charge in [-0.15, -0.1) is 0 Å². The van der Waals surface area contributed by atoms with E-state index in [0.29, 0.717) is 0 Å². The highest BCUT2D eigenvalue weighted by Crippen LogP contribution is 2.90. The highest BCUT2D eigenvalue weighted by Gasteiger charge is 3.20. The fourth-order valence-corrected chi connectivity index (χ4v) is 4.20. The normalized spacial score (nSPS) is 38.6. The molecule has 0 saturated heterocycles. The van der Waals surface area contributed by atoms with E-state index in [4.69, 9.17) is 0 Å². The summed E-state index contributed by atoms with van der Waals surface area (Å²) in [6.45, 7) is 0. The molecule has 0 bridgehead atoms. The number of halogens is 22. The van der Waals surface area contributed by atoms with Crippen LogP contribution in [0.3, 0.4) is 0 Å². The van der Waals surface area contributed by atoms with Crippen molar-refractivity contribution in [3.63, 3.8) is 0 Å². The largest absolute Gasteiger partial charge is 0.408 e. The summed E-state index contributed by atoms with van der Waals surface area (Å²) in [7, 11) is 0. The Bertz CT molecular complexity index is 741. The Labute approximate surface area is 168 Å². The molecule has 0 aromatic heterocycles. The molecule has 0 spiro atoms. The molecule has 0 atom stereocenters. The zero-order chi connectivity index (χ0) is 28.0. The van der Waals surface area contributed by atoms with Crippen LogP contribution in [0, 0.1) is 10.8 Å². The van der Waals surface area contributed by atoms with Crippen molar-refractivity contribution in [2.24, 2.45) is 10.8 Å². The first kappa shape index (κ1) is 28.7. The standard InChI is InChI=1S/C12F22/c13-3(14)1(11(29,30)31)2(12(32,33)34,5(17,18)9(25,26)7(3,21)22)6(19,20)10(27,28)8(23,24)4(1,15)16. The van der Waals surface area contributed by atoms with Crippen LogP contribution < -0.4 is 0 Å². The van der Waals surface area contributed by atoms with Crippen LogP contribution in [-0.2, 0) is 0 Å². The lowest BCUT2D eigenvalue weighted by molar-refractivity contribution is -0.627. The quantitative estimate of drug-likeness (QED) is 0.275. The van der Waals surface area contributed by atoms with Gasteiger partial charge in [-0.25, -0.2) is 0 Å². The smallest absolute Gasteiger partial charge is 0.198 e. The fourth-order valence-electron chi connectivity index (χ4n) is 4.20. The van der Waals surface area contributed by atoms with Crippen LogP contribution in [0.1, 0.15) is 0 Å². The molecule has 2 saturated carbocycles. The van der Waals surface area contributed by atoms with Crippen molar-refractivity contribution in [1.82, 2.24) is 0 Å². The molecule has 0 aromatic carbocycles. The van der Waals surface area contributed by atoms with E-state index < -0.39 is 70.6 Å². The van der Waals surface area contributed by atoms with E-state index in [1.807, 2.05) is 0 Å². The second kappa shape index (κ2) is 5.88. The molecule has 0 radical (unpaired) electrons. The van der Waals surface area contributed by atoms with Crippen LogP contribution in [0.5, 0.6) is 0 Å². The number of rotatable bonds is 0. The lowest BCUT2D eigenvalue weighted by Crippen LogP contribution is -2.99. The van der Waals surface area contributed by atoms with E-state index >= 15 is 0 Å². The van der Waals surface area contributed by atoms with Gasteiger partial charge in [0.2, 0.25) is 10.8 Å². The van der Waals surface area contributed by atoms with Gasteiger partial charge in [-0.2, -0.15) is 96.6 Å². The topological polar surface area (TPSA) is 0 Å². The summed E-state index contributed by atoms with van der Waals surface area (Å²) in [5, 5.41) is 0. The van der Waals surface area contributed by atoms with Crippen molar-refractivity contribution < 1.29 is 96.6 Å². The first-order chi connectivity index (χ1) is 14.2. The molecule has 0 aromatic rings. The third-order valence-electron chi connectivity index (χ3n) is 5.66. The Morgan fingerprint density at radius 1 is 0.235 bits per heavy atom. The lowest BCUT2D eigenvalue weighted by Gasteiger charge is -2.69. The predicted octanol–water partition coefficient (Wildman–Crippen LogP) is 7.19. The van der Waals surface area contributed by atoms with E-state index in [1.165, 1.54) is 0 Å². The maximum atomic E-state index is 14.1. The molecule has 0 nitrogen and oxygen atoms in total. The fraction of sp³-hybridized carbons (Fsp3) is 1.00. The van der Waals surface area contributed by atoms with Gasteiger partial charge in [-0.05, 0) is 0 Å². The van der Waals surface area contributed by atoms with Gasteiger partial charge in [0.05, 0.1) is 0 Å². The molecular formula is C12F22. The van der Waals surface area contributed by atoms with Crippen LogP contribution in [0.2, 0.25) is 0 Å². The minimum absolute atomic E-state index is 8.91. The summed E-state index contributed by atoms with van der Waals surface area (Å²) in [6.07, 6.45) is -18.4. The molecule has 202 valence electrons. The Balaban J connectivity index is 3.64. The third-order valence-corrected chi connectivity index (χ3v) is 5.66. The summed E-state index contributed by atoms with van der Waals surface area (Å²) >= 11 is 0. The van der Waals surface area contributed by atoms with Gasteiger partial charge < -0.3 is 0 Å². The van der Waals surface area contributed by atoms with Crippen molar-refractivity contribution in [2.75, 3.05) is 0 Å². The maximum absolute atomic E-state index is 14.1. The molecule has 2 fully saturated rings. The van der Waals surface area contributed by atoms with Gasteiger partial charge in [0.1, 0.15) is 0 Å². The van der Waals surface area contributed by atoms with E-state index in [2.05, 4.69) is 0 Å². The second-order valence-electron chi connectivity index (χ2n) is 7.09. The molecule has 2 aliphatic carbocycles. The molecule has 0 aliphatic heterocycles. The minimum Gasteiger partial charge on any atom is -0.198 e. The summed E-state index contributed by atoms with van der Waals surface area (Å²) in [5.41, 5.74) is -19.4. The van der Waals surface area contributed by atoms with Crippen molar-refractivity contribution in [3.05, 3.63) is 0 Å². The average molecular weight is 562 g/mol. The van der Waals surface area contributed by atoms with Gasteiger partial charge in [0.15, 0.2) is 0 Å². The Hall–Kier alpha value is -1.54. The molecular weight excluding hydrogens is 562 g/mol. The molecule has 2 rings (SSSR count). The number of alkyl halides is 22. The Morgan fingerprint density at radius 3 is 0.441 bits per heavy atom. The molecule has 0 unspecified atom stereocenters. The van der Waals surface area contributed by atoms with Crippen molar-refractivity contribution >= 4 is 0 Å². The number of hydrogen-bond donors (Lipinski definition) is 0. The lowest BCUT2D eigenvalue weighted by atomic mass is 9.40. The summed E-state index contributed by atoms with van der Waals surface area (Å²) < 4.78 is 302. The number of fused-ring (bicyclic) bond motifs is 1. The molecule has 34 heavy (non-hydrogen) atoms. The Kier molecular flexibility index (Phi) is 4.96. The first-order valence-corrected chi connectivity index (χ1v) is 7.41. The van der Waals surface area contributed by atoms with Crippen molar-refractivity contribution in [1.29, 1.82) is 0 Å². The van der Waals surface area contributed by atoms with E-state index in [1.54, 1.807) is 0 Å². The maximum Gasteiger partial charge on any atom is 0.408 e. The van der Waals surface area contributed by atoms with Gasteiger partial charge in [0.25, 0.3) is 0 Å². The zero-order valence-corrected chi connectivity index (χ0v) is 14.3. The van der Waals surface area contributed by atoms with E-state index in [0.717, 1.165) is 0 Å². The second-order valence-corrected chi connectivity index (χ2v) is 7.09. The van der Waals surface area contributed by atoms with Gasteiger partial charge >= 0.3 is 59.7 Å². The molecule has 22 heteroatoms. The van der Waals surface area contributed by atoms with Gasteiger partial charge in [-0.3, -0.25) is 0 Å². The molecule has 0 N–H and O–H groups in total. The zero-order valence-electron chi connectivity index (χ0n) is 14.3. The first-order valence-electron chi connectivity index (χ1n) is 7.41. The van der Waals surface area contributed by atoms with Gasteiger partial charge in [0, 0.05) is 0 Å². The molecule has 0 heterocycles.